The number of aliphatic hydroxyl groups excluding tert-OH is 1. The second-order valence-corrected chi connectivity index (χ2v) is 5.94. The third-order valence-corrected chi connectivity index (χ3v) is 4.69. The summed E-state index contributed by atoms with van der Waals surface area (Å²) in [5.74, 6) is 0. The summed E-state index contributed by atoms with van der Waals surface area (Å²) in [6.45, 7) is 4.40. The van der Waals surface area contributed by atoms with E-state index in [4.69, 9.17) is 0 Å². The third-order valence-electron chi connectivity index (χ3n) is 4.69. The van der Waals surface area contributed by atoms with Crippen molar-refractivity contribution in [3.05, 3.63) is 35.4 Å². The minimum absolute atomic E-state index is 0. The Morgan fingerprint density at radius 3 is 2.55 bits per heavy atom. The highest BCUT2D eigenvalue weighted by molar-refractivity contribution is 5.85. The molecule has 3 nitrogen and oxygen atoms in total. The number of rotatable bonds is 1. The molecule has 112 valence electrons. The Labute approximate surface area is 128 Å². The lowest BCUT2D eigenvalue weighted by atomic mass is 9.97. The van der Waals surface area contributed by atoms with Crippen molar-refractivity contribution < 1.29 is 5.11 Å². The number of halogens is 1. The fourth-order valence-electron chi connectivity index (χ4n) is 3.45. The first-order valence-electron chi connectivity index (χ1n) is 7.44. The van der Waals surface area contributed by atoms with Crippen molar-refractivity contribution in [2.45, 2.75) is 31.4 Å². The van der Waals surface area contributed by atoms with Crippen molar-refractivity contribution in [3.8, 4) is 0 Å². The Morgan fingerprint density at radius 2 is 1.80 bits per heavy atom. The Kier molecular flexibility index (Phi) is 5.44. The first-order chi connectivity index (χ1) is 9.25. The molecule has 1 fully saturated rings. The van der Waals surface area contributed by atoms with Gasteiger partial charge in [-0.3, -0.25) is 4.90 Å². The van der Waals surface area contributed by atoms with Crippen molar-refractivity contribution in [2.24, 2.45) is 0 Å². The van der Waals surface area contributed by atoms with Crippen LogP contribution in [0.5, 0.6) is 0 Å². The van der Waals surface area contributed by atoms with Gasteiger partial charge < -0.3 is 10.0 Å². The SMILES string of the molecule is CN1CCN(C2CCCc3ccccc3C2O)CC1.Cl. The van der Waals surface area contributed by atoms with Gasteiger partial charge in [-0.25, -0.2) is 0 Å². The quantitative estimate of drug-likeness (QED) is 0.804. The maximum atomic E-state index is 10.8. The van der Waals surface area contributed by atoms with Crippen LogP contribution in [-0.4, -0.2) is 54.2 Å². The van der Waals surface area contributed by atoms with Crippen LogP contribution in [-0.2, 0) is 6.42 Å². The Bertz CT molecular complexity index is 432. The van der Waals surface area contributed by atoms with Crippen molar-refractivity contribution >= 4 is 12.4 Å². The first kappa shape index (κ1) is 15.8. The van der Waals surface area contributed by atoms with Crippen molar-refractivity contribution in [3.63, 3.8) is 0 Å². The maximum Gasteiger partial charge on any atom is 0.0947 e. The second-order valence-electron chi connectivity index (χ2n) is 5.94. The molecule has 1 aromatic carbocycles. The Morgan fingerprint density at radius 1 is 1.10 bits per heavy atom. The van der Waals surface area contributed by atoms with Crippen LogP contribution in [0.4, 0.5) is 0 Å². The number of piperazine rings is 1. The number of nitrogens with zero attached hydrogens (tertiary/aromatic N) is 2. The summed E-state index contributed by atoms with van der Waals surface area (Å²) in [7, 11) is 2.18. The highest BCUT2D eigenvalue weighted by atomic mass is 35.5. The van der Waals surface area contributed by atoms with Crippen LogP contribution in [0, 0.1) is 0 Å². The molecule has 1 heterocycles. The van der Waals surface area contributed by atoms with Crippen LogP contribution in [0.25, 0.3) is 0 Å². The van der Waals surface area contributed by atoms with Crippen LogP contribution in [0.2, 0.25) is 0 Å². The maximum absolute atomic E-state index is 10.8. The summed E-state index contributed by atoms with van der Waals surface area (Å²) < 4.78 is 0. The monoisotopic (exact) mass is 296 g/mol. The van der Waals surface area contributed by atoms with Crippen LogP contribution in [0.15, 0.2) is 24.3 Å². The van der Waals surface area contributed by atoms with Crippen molar-refractivity contribution in [2.75, 3.05) is 33.2 Å². The number of likely N-dealkylation sites (N-methyl/N-ethyl adjacent to an activating group) is 1. The molecule has 2 unspecified atom stereocenters. The molecule has 0 spiro atoms. The zero-order valence-corrected chi connectivity index (χ0v) is 13.0. The molecule has 1 aliphatic carbocycles. The molecule has 0 radical (unpaired) electrons. The van der Waals surface area contributed by atoms with Gasteiger partial charge in [0, 0.05) is 32.2 Å². The Balaban J connectivity index is 0.00000147. The van der Waals surface area contributed by atoms with Crippen molar-refractivity contribution in [1.82, 2.24) is 9.80 Å². The van der Waals surface area contributed by atoms with Gasteiger partial charge in [0.1, 0.15) is 0 Å². The van der Waals surface area contributed by atoms with Gasteiger partial charge in [0.15, 0.2) is 0 Å². The van der Waals surface area contributed by atoms with Gasteiger partial charge in [0.05, 0.1) is 6.10 Å². The van der Waals surface area contributed by atoms with E-state index in [0.29, 0.717) is 6.04 Å². The van der Waals surface area contributed by atoms with E-state index in [2.05, 4.69) is 41.1 Å². The Hall–Kier alpha value is -0.610. The molecule has 20 heavy (non-hydrogen) atoms. The average molecular weight is 297 g/mol. The van der Waals surface area contributed by atoms with E-state index in [1.807, 2.05) is 0 Å². The standard InChI is InChI=1S/C16H24N2O.ClH/c1-17-9-11-18(12-10-17)15-8-4-6-13-5-2-3-7-14(13)16(15)19;/h2-3,5,7,15-16,19H,4,6,8-12H2,1H3;1H. The molecule has 0 amide bonds. The van der Waals surface area contributed by atoms with E-state index < -0.39 is 0 Å². The van der Waals surface area contributed by atoms with Gasteiger partial charge in [0.25, 0.3) is 0 Å². The molecule has 1 N–H and O–H groups in total. The van der Waals surface area contributed by atoms with Gasteiger partial charge in [0.2, 0.25) is 0 Å². The molecule has 0 saturated carbocycles. The smallest absolute Gasteiger partial charge is 0.0947 e. The molecule has 1 saturated heterocycles. The van der Waals surface area contributed by atoms with E-state index in [1.54, 1.807) is 0 Å². The fourth-order valence-corrected chi connectivity index (χ4v) is 3.45. The molecule has 4 heteroatoms. The van der Waals surface area contributed by atoms with Crippen molar-refractivity contribution in [1.29, 1.82) is 0 Å². The van der Waals surface area contributed by atoms with Crippen LogP contribution < -0.4 is 0 Å². The van der Waals surface area contributed by atoms with Crippen LogP contribution in [0.1, 0.15) is 30.1 Å². The molecular formula is C16H25ClN2O. The van der Waals surface area contributed by atoms with E-state index in [9.17, 15) is 5.11 Å². The van der Waals surface area contributed by atoms with E-state index in [1.165, 1.54) is 12.0 Å². The molecule has 0 bridgehead atoms. The highest BCUT2D eigenvalue weighted by Crippen LogP contribution is 2.32. The minimum atomic E-state index is -0.317. The molecular weight excluding hydrogens is 272 g/mol. The fraction of sp³-hybridized carbons (Fsp3) is 0.625. The number of aliphatic hydroxyl groups is 1. The lowest BCUT2D eigenvalue weighted by Crippen LogP contribution is -2.50. The topological polar surface area (TPSA) is 26.7 Å². The van der Waals surface area contributed by atoms with Crippen LogP contribution in [0.3, 0.4) is 0 Å². The normalized spacial score (nSPS) is 28.3. The first-order valence-corrected chi connectivity index (χ1v) is 7.44. The largest absolute Gasteiger partial charge is 0.387 e. The third kappa shape index (κ3) is 3.17. The molecule has 3 rings (SSSR count). The predicted molar refractivity (Wildman–Crippen MR) is 84.4 cm³/mol. The highest BCUT2D eigenvalue weighted by Gasteiger charge is 2.31. The molecule has 0 aromatic heterocycles. The number of benzene rings is 1. The average Bonchev–Trinajstić information content (AvgIpc) is 2.60. The zero-order chi connectivity index (χ0) is 13.2. The molecule has 2 aliphatic rings. The van der Waals surface area contributed by atoms with E-state index in [-0.39, 0.29) is 18.5 Å². The summed E-state index contributed by atoms with van der Waals surface area (Å²) in [4.78, 5) is 4.86. The summed E-state index contributed by atoms with van der Waals surface area (Å²) in [6.07, 6.45) is 3.09. The number of aryl methyl sites for hydroxylation is 1. The zero-order valence-electron chi connectivity index (χ0n) is 12.2. The molecule has 1 aliphatic heterocycles. The number of hydrogen-bond donors (Lipinski definition) is 1. The summed E-state index contributed by atoms with van der Waals surface area (Å²) in [5.41, 5.74) is 2.50. The number of fused-ring (bicyclic) bond motifs is 1. The lowest BCUT2D eigenvalue weighted by Gasteiger charge is -2.39. The van der Waals surface area contributed by atoms with Gasteiger partial charge in [-0.05, 0) is 37.4 Å². The summed E-state index contributed by atoms with van der Waals surface area (Å²) in [5, 5.41) is 10.8. The van der Waals surface area contributed by atoms with Gasteiger partial charge in [-0.1, -0.05) is 24.3 Å². The predicted octanol–water partition coefficient (Wildman–Crippen LogP) is 2.09. The number of hydrogen-bond acceptors (Lipinski definition) is 3. The lowest BCUT2D eigenvalue weighted by molar-refractivity contribution is 0.0198. The van der Waals surface area contributed by atoms with E-state index in [0.717, 1.165) is 44.6 Å². The van der Waals surface area contributed by atoms with Crippen LogP contribution >= 0.6 is 12.4 Å². The summed E-state index contributed by atoms with van der Waals surface area (Å²) >= 11 is 0. The van der Waals surface area contributed by atoms with Gasteiger partial charge >= 0.3 is 0 Å². The van der Waals surface area contributed by atoms with Gasteiger partial charge in [-0.2, -0.15) is 0 Å². The second kappa shape index (κ2) is 6.90. The van der Waals surface area contributed by atoms with Gasteiger partial charge in [-0.15, -0.1) is 12.4 Å². The molecule has 2 atom stereocenters. The van der Waals surface area contributed by atoms with E-state index >= 15 is 0 Å². The minimum Gasteiger partial charge on any atom is -0.387 e. The summed E-state index contributed by atoms with van der Waals surface area (Å²) in [6, 6.07) is 8.72. The molecule has 1 aromatic rings.